The van der Waals surface area contributed by atoms with Crippen LogP contribution in [0.25, 0.3) is 22.2 Å². The van der Waals surface area contributed by atoms with E-state index in [0.29, 0.717) is 0 Å². The molecular formula is C12H10BrN3O. The first-order chi connectivity index (χ1) is 8.16. The number of halogens is 1. The standard InChI is InChI=1S/C12H10BrN3O/c1-6-11(7(2)17-16-6)8-3-9(13)12-10(4-8)14-5-15-12/h3-5H,1-2H3,(H,14,15). The van der Waals surface area contributed by atoms with Crippen LogP contribution in [-0.4, -0.2) is 15.1 Å². The lowest BCUT2D eigenvalue weighted by atomic mass is 10.0. The van der Waals surface area contributed by atoms with Gasteiger partial charge in [-0.05, 0) is 47.5 Å². The first-order valence-electron chi connectivity index (χ1n) is 5.22. The number of nitrogens with zero attached hydrogens (tertiary/aromatic N) is 2. The second-order valence-electron chi connectivity index (χ2n) is 3.96. The normalized spacial score (nSPS) is 11.2. The predicted octanol–water partition coefficient (Wildman–Crippen LogP) is 3.60. The third-order valence-electron chi connectivity index (χ3n) is 2.80. The predicted molar refractivity (Wildman–Crippen MR) is 68.8 cm³/mol. The third kappa shape index (κ3) is 1.58. The molecule has 1 N–H and O–H groups in total. The van der Waals surface area contributed by atoms with Crippen molar-refractivity contribution in [3.63, 3.8) is 0 Å². The molecule has 0 saturated carbocycles. The lowest BCUT2D eigenvalue weighted by Crippen LogP contribution is -1.83. The van der Waals surface area contributed by atoms with E-state index in [1.54, 1.807) is 6.33 Å². The van der Waals surface area contributed by atoms with Crippen LogP contribution in [0.1, 0.15) is 11.5 Å². The average molecular weight is 292 g/mol. The summed E-state index contributed by atoms with van der Waals surface area (Å²) in [6, 6.07) is 4.09. The van der Waals surface area contributed by atoms with E-state index < -0.39 is 0 Å². The van der Waals surface area contributed by atoms with Gasteiger partial charge in [0.05, 0.1) is 17.5 Å². The molecule has 0 aliphatic rings. The Morgan fingerprint density at radius 1 is 1.29 bits per heavy atom. The minimum atomic E-state index is 0.827. The molecule has 86 valence electrons. The molecule has 3 aromatic rings. The van der Waals surface area contributed by atoms with Crippen LogP contribution in [0, 0.1) is 13.8 Å². The summed E-state index contributed by atoms with van der Waals surface area (Å²) in [5, 5.41) is 3.97. The number of hydrogen-bond donors (Lipinski definition) is 1. The zero-order valence-corrected chi connectivity index (χ0v) is 11.0. The van der Waals surface area contributed by atoms with Crippen molar-refractivity contribution in [1.82, 2.24) is 15.1 Å². The highest BCUT2D eigenvalue weighted by Crippen LogP contribution is 2.32. The number of imidazole rings is 1. The highest BCUT2D eigenvalue weighted by atomic mass is 79.9. The number of H-pyrrole nitrogens is 1. The maximum Gasteiger partial charge on any atom is 0.141 e. The Labute approximate surface area is 106 Å². The molecule has 0 bridgehead atoms. The van der Waals surface area contributed by atoms with Crippen molar-refractivity contribution in [2.24, 2.45) is 0 Å². The smallest absolute Gasteiger partial charge is 0.141 e. The van der Waals surface area contributed by atoms with Crippen LogP contribution in [0.3, 0.4) is 0 Å². The van der Waals surface area contributed by atoms with E-state index in [4.69, 9.17) is 4.52 Å². The van der Waals surface area contributed by atoms with E-state index in [1.165, 1.54) is 0 Å². The van der Waals surface area contributed by atoms with Crippen LogP contribution < -0.4 is 0 Å². The highest BCUT2D eigenvalue weighted by molar-refractivity contribution is 9.10. The summed E-state index contributed by atoms with van der Waals surface area (Å²) in [6.07, 6.45) is 1.69. The molecule has 2 aromatic heterocycles. The number of aryl methyl sites for hydroxylation is 2. The molecule has 0 atom stereocenters. The van der Waals surface area contributed by atoms with Gasteiger partial charge < -0.3 is 9.51 Å². The molecule has 0 fully saturated rings. The van der Waals surface area contributed by atoms with Crippen LogP contribution in [0.2, 0.25) is 0 Å². The molecule has 1 aromatic carbocycles. The topological polar surface area (TPSA) is 54.7 Å². The van der Waals surface area contributed by atoms with Gasteiger partial charge in [-0.15, -0.1) is 0 Å². The Hall–Kier alpha value is -1.62. The molecule has 4 nitrogen and oxygen atoms in total. The third-order valence-corrected chi connectivity index (χ3v) is 3.40. The van der Waals surface area contributed by atoms with Crippen molar-refractivity contribution in [2.75, 3.05) is 0 Å². The summed E-state index contributed by atoms with van der Waals surface area (Å²) >= 11 is 3.53. The molecule has 0 aliphatic heterocycles. The number of nitrogens with one attached hydrogen (secondary N) is 1. The second kappa shape index (κ2) is 3.70. The van der Waals surface area contributed by atoms with E-state index >= 15 is 0 Å². The Bertz CT molecular complexity index is 679. The molecule has 0 amide bonds. The molecule has 17 heavy (non-hydrogen) atoms. The largest absolute Gasteiger partial charge is 0.361 e. The van der Waals surface area contributed by atoms with Gasteiger partial charge in [-0.2, -0.15) is 0 Å². The zero-order valence-electron chi connectivity index (χ0n) is 9.41. The minimum absolute atomic E-state index is 0.827. The van der Waals surface area contributed by atoms with E-state index in [0.717, 1.165) is 38.1 Å². The summed E-state index contributed by atoms with van der Waals surface area (Å²) in [6.45, 7) is 3.86. The maximum atomic E-state index is 5.19. The number of benzene rings is 1. The molecule has 0 spiro atoms. The minimum Gasteiger partial charge on any atom is -0.361 e. The Kier molecular flexibility index (Phi) is 2.29. The first kappa shape index (κ1) is 10.5. The Morgan fingerprint density at radius 2 is 2.12 bits per heavy atom. The quantitative estimate of drug-likeness (QED) is 0.745. The summed E-state index contributed by atoms with van der Waals surface area (Å²) in [5.74, 6) is 0.827. The van der Waals surface area contributed by atoms with Crippen molar-refractivity contribution in [2.45, 2.75) is 13.8 Å². The summed E-state index contributed by atoms with van der Waals surface area (Å²) in [4.78, 5) is 7.35. The van der Waals surface area contributed by atoms with Gasteiger partial charge in [0.15, 0.2) is 0 Å². The number of fused-ring (bicyclic) bond motifs is 1. The molecule has 0 unspecified atom stereocenters. The van der Waals surface area contributed by atoms with Gasteiger partial charge in [-0.25, -0.2) is 4.98 Å². The number of aromatic nitrogens is 3. The molecule has 3 rings (SSSR count). The van der Waals surface area contributed by atoms with Crippen LogP contribution in [0.15, 0.2) is 27.5 Å². The van der Waals surface area contributed by atoms with Crippen molar-refractivity contribution in [3.05, 3.63) is 34.4 Å². The fourth-order valence-corrected chi connectivity index (χ4v) is 2.61. The van der Waals surface area contributed by atoms with Gasteiger partial charge >= 0.3 is 0 Å². The molecule has 0 saturated heterocycles. The van der Waals surface area contributed by atoms with Crippen molar-refractivity contribution < 1.29 is 4.52 Å². The van der Waals surface area contributed by atoms with Crippen molar-refractivity contribution in [3.8, 4) is 11.1 Å². The van der Waals surface area contributed by atoms with Gasteiger partial charge in [0.2, 0.25) is 0 Å². The SMILES string of the molecule is Cc1noc(C)c1-c1cc(Br)c2nc[nH]c2c1. The van der Waals surface area contributed by atoms with Crippen LogP contribution in [-0.2, 0) is 0 Å². The zero-order chi connectivity index (χ0) is 12.0. The highest BCUT2D eigenvalue weighted by Gasteiger charge is 2.13. The number of aromatic amines is 1. The van der Waals surface area contributed by atoms with Crippen molar-refractivity contribution >= 4 is 27.0 Å². The van der Waals surface area contributed by atoms with Gasteiger partial charge in [0, 0.05) is 10.0 Å². The number of hydrogen-bond acceptors (Lipinski definition) is 3. The van der Waals surface area contributed by atoms with E-state index in [2.05, 4.69) is 37.1 Å². The Balaban J connectivity index is 2.31. The first-order valence-corrected chi connectivity index (χ1v) is 6.02. The van der Waals surface area contributed by atoms with Crippen LogP contribution >= 0.6 is 15.9 Å². The van der Waals surface area contributed by atoms with Gasteiger partial charge in [-0.1, -0.05) is 5.16 Å². The summed E-state index contributed by atoms with van der Waals surface area (Å²) < 4.78 is 6.16. The summed E-state index contributed by atoms with van der Waals surface area (Å²) in [5.41, 5.74) is 4.94. The molecule has 2 heterocycles. The average Bonchev–Trinajstić information content (AvgIpc) is 2.86. The van der Waals surface area contributed by atoms with Crippen molar-refractivity contribution in [1.29, 1.82) is 0 Å². The molecule has 5 heteroatoms. The lowest BCUT2D eigenvalue weighted by molar-refractivity contribution is 0.393. The Morgan fingerprint density at radius 3 is 2.82 bits per heavy atom. The molecular weight excluding hydrogens is 282 g/mol. The fourth-order valence-electron chi connectivity index (χ4n) is 2.05. The lowest BCUT2D eigenvalue weighted by Gasteiger charge is -2.02. The number of rotatable bonds is 1. The van der Waals surface area contributed by atoms with Crippen LogP contribution in [0.4, 0.5) is 0 Å². The molecule has 0 aliphatic carbocycles. The second-order valence-corrected chi connectivity index (χ2v) is 4.81. The van der Waals surface area contributed by atoms with E-state index in [1.807, 2.05) is 19.9 Å². The van der Waals surface area contributed by atoms with E-state index in [-0.39, 0.29) is 0 Å². The van der Waals surface area contributed by atoms with E-state index in [9.17, 15) is 0 Å². The van der Waals surface area contributed by atoms with Gasteiger partial charge in [-0.3, -0.25) is 0 Å². The van der Waals surface area contributed by atoms with Crippen LogP contribution in [0.5, 0.6) is 0 Å². The fraction of sp³-hybridized carbons (Fsp3) is 0.167. The van der Waals surface area contributed by atoms with Gasteiger partial charge in [0.25, 0.3) is 0 Å². The summed E-state index contributed by atoms with van der Waals surface area (Å²) in [7, 11) is 0. The van der Waals surface area contributed by atoms with Gasteiger partial charge in [0.1, 0.15) is 11.3 Å². The monoisotopic (exact) mass is 291 g/mol. The maximum absolute atomic E-state index is 5.19. The molecule has 0 radical (unpaired) electrons.